The first kappa shape index (κ1) is 16.0. The number of halogens is 1. The second-order valence-corrected chi connectivity index (χ2v) is 4.77. The lowest BCUT2D eigenvalue weighted by Gasteiger charge is -2.19. The van der Waals surface area contributed by atoms with Crippen LogP contribution in [-0.4, -0.2) is 35.8 Å². The van der Waals surface area contributed by atoms with Gasteiger partial charge in [-0.25, -0.2) is 14.2 Å². The molecule has 0 radical (unpaired) electrons. The number of aryl methyl sites for hydroxylation is 1. The standard InChI is InChI=1S/C15H19FN4O2/c1-20-9-7-17-14(20)13(11-3-5-12(16)6-4-11)19-15(21)18-8-10-22-2/h3-7,9,13H,8,10H2,1-2H3,(H2,18,19,21). The van der Waals surface area contributed by atoms with Gasteiger partial charge in [-0.2, -0.15) is 0 Å². The van der Waals surface area contributed by atoms with Crippen molar-refractivity contribution in [2.24, 2.45) is 7.05 Å². The number of nitrogens with zero attached hydrogens (tertiary/aromatic N) is 2. The molecule has 1 unspecified atom stereocenters. The van der Waals surface area contributed by atoms with Crippen LogP contribution in [0.25, 0.3) is 0 Å². The van der Waals surface area contributed by atoms with E-state index in [1.165, 1.54) is 12.1 Å². The molecule has 22 heavy (non-hydrogen) atoms. The summed E-state index contributed by atoms with van der Waals surface area (Å²) in [5.41, 5.74) is 0.748. The molecule has 2 N–H and O–H groups in total. The zero-order valence-corrected chi connectivity index (χ0v) is 12.5. The first-order chi connectivity index (χ1) is 10.6. The zero-order valence-electron chi connectivity index (χ0n) is 12.5. The topological polar surface area (TPSA) is 68.2 Å². The second-order valence-electron chi connectivity index (χ2n) is 4.77. The smallest absolute Gasteiger partial charge is 0.315 e. The van der Waals surface area contributed by atoms with Crippen LogP contribution in [0.1, 0.15) is 17.4 Å². The maximum absolute atomic E-state index is 13.1. The molecule has 0 bridgehead atoms. The molecule has 0 aliphatic rings. The minimum Gasteiger partial charge on any atom is -0.383 e. The Morgan fingerprint density at radius 1 is 1.41 bits per heavy atom. The lowest BCUT2D eigenvalue weighted by molar-refractivity contribution is 0.195. The van der Waals surface area contributed by atoms with Crippen molar-refractivity contribution in [2.75, 3.05) is 20.3 Å². The molecule has 0 fully saturated rings. The Bertz CT molecular complexity index is 612. The normalized spacial score (nSPS) is 12.0. The molecule has 0 aliphatic heterocycles. The average molecular weight is 306 g/mol. The number of methoxy groups -OCH3 is 1. The number of ether oxygens (including phenoxy) is 1. The summed E-state index contributed by atoms with van der Waals surface area (Å²) in [6.07, 6.45) is 3.44. The fraction of sp³-hybridized carbons (Fsp3) is 0.333. The fourth-order valence-corrected chi connectivity index (χ4v) is 2.06. The SMILES string of the molecule is COCCNC(=O)NC(c1ccc(F)cc1)c1nccn1C. The summed E-state index contributed by atoms with van der Waals surface area (Å²) in [5.74, 6) is 0.334. The van der Waals surface area contributed by atoms with Gasteiger partial charge in [0.15, 0.2) is 0 Å². The van der Waals surface area contributed by atoms with Gasteiger partial charge in [0.1, 0.15) is 17.7 Å². The molecule has 0 saturated heterocycles. The minimum atomic E-state index is -0.469. The van der Waals surface area contributed by atoms with Crippen molar-refractivity contribution in [1.29, 1.82) is 0 Å². The summed E-state index contributed by atoms with van der Waals surface area (Å²) >= 11 is 0. The highest BCUT2D eigenvalue weighted by Crippen LogP contribution is 2.20. The van der Waals surface area contributed by atoms with Crippen LogP contribution in [0.2, 0.25) is 0 Å². The highest BCUT2D eigenvalue weighted by Gasteiger charge is 2.20. The van der Waals surface area contributed by atoms with Crippen molar-refractivity contribution < 1.29 is 13.9 Å². The van der Waals surface area contributed by atoms with Gasteiger partial charge in [0, 0.05) is 33.1 Å². The second kappa shape index (κ2) is 7.56. The molecule has 0 aliphatic carbocycles. The zero-order chi connectivity index (χ0) is 15.9. The highest BCUT2D eigenvalue weighted by atomic mass is 19.1. The van der Waals surface area contributed by atoms with Gasteiger partial charge in [-0.1, -0.05) is 12.1 Å². The van der Waals surface area contributed by atoms with Crippen molar-refractivity contribution in [3.63, 3.8) is 0 Å². The Morgan fingerprint density at radius 2 is 2.14 bits per heavy atom. The monoisotopic (exact) mass is 306 g/mol. The molecule has 1 aromatic carbocycles. The number of hydrogen-bond donors (Lipinski definition) is 2. The van der Waals surface area contributed by atoms with E-state index in [2.05, 4.69) is 15.6 Å². The Morgan fingerprint density at radius 3 is 2.73 bits per heavy atom. The Labute approximate surface area is 128 Å². The summed E-state index contributed by atoms with van der Waals surface area (Å²) in [7, 11) is 3.40. The van der Waals surface area contributed by atoms with Crippen LogP contribution < -0.4 is 10.6 Å². The molecular formula is C15H19FN4O2. The molecule has 1 atom stereocenters. The van der Waals surface area contributed by atoms with Crippen LogP contribution in [-0.2, 0) is 11.8 Å². The van der Waals surface area contributed by atoms with Crippen LogP contribution in [0, 0.1) is 5.82 Å². The van der Waals surface area contributed by atoms with E-state index in [0.717, 1.165) is 5.56 Å². The molecule has 2 amide bonds. The van der Waals surface area contributed by atoms with Gasteiger partial charge in [-0.3, -0.25) is 0 Å². The van der Waals surface area contributed by atoms with Gasteiger partial charge < -0.3 is 19.9 Å². The van der Waals surface area contributed by atoms with Gasteiger partial charge in [-0.15, -0.1) is 0 Å². The van der Waals surface area contributed by atoms with Crippen LogP contribution in [0.5, 0.6) is 0 Å². The molecule has 0 saturated carbocycles. The highest BCUT2D eigenvalue weighted by molar-refractivity contribution is 5.74. The molecule has 6 nitrogen and oxygen atoms in total. The summed E-state index contributed by atoms with van der Waals surface area (Å²) < 4.78 is 19.8. The minimum absolute atomic E-state index is 0.327. The summed E-state index contributed by atoms with van der Waals surface area (Å²) in [6.45, 7) is 0.829. The molecule has 0 spiro atoms. The Kier molecular flexibility index (Phi) is 5.48. The lowest BCUT2D eigenvalue weighted by atomic mass is 10.1. The number of amides is 2. The van der Waals surface area contributed by atoms with Gasteiger partial charge >= 0.3 is 6.03 Å². The predicted molar refractivity (Wildman–Crippen MR) is 79.9 cm³/mol. The van der Waals surface area contributed by atoms with Gasteiger partial charge in [0.2, 0.25) is 0 Å². The van der Waals surface area contributed by atoms with Crippen LogP contribution in [0.15, 0.2) is 36.7 Å². The number of carbonyl (C=O) groups is 1. The fourth-order valence-electron chi connectivity index (χ4n) is 2.06. The van der Waals surface area contributed by atoms with Gasteiger partial charge in [0.05, 0.1) is 6.61 Å². The molecule has 7 heteroatoms. The summed E-state index contributed by atoms with van der Waals surface area (Å²) in [5, 5.41) is 5.53. The van der Waals surface area contributed by atoms with Gasteiger partial charge in [-0.05, 0) is 17.7 Å². The van der Waals surface area contributed by atoms with E-state index in [9.17, 15) is 9.18 Å². The van der Waals surface area contributed by atoms with Crippen LogP contribution in [0.3, 0.4) is 0 Å². The summed E-state index contributed by atoms with van der Waals surface area (Å²) in [4.78, 5) is 16.3. The number of imidazole rings is 1. The number of nitrogens with one attached hydrogen (secondary N) is 2. The van der Waals surface area contributed by atoms with Crippen molar-refractivity contribution in [1.82, 2.24) is 20.2 Å². The first-order valence-electron chi connectivity index (χ1n) is 6.88. The number of urea groups is 1. The molecular weight excluding hydrogens is 287 g/mol. The van der Waals surface area contributed by atoms with E-state index in [4.69, 9.17) is 4.74 Å². The van der Waals surface area contributed by atoms with Crippen LogP contribution in [0.4, 0.5) is 9.18 Å². The van der Waals surface area contributed by atoms with E-state index in [1.807, 2.05) is 11.6 Å². The van der Waals surface area contributed by atoms with E-state index in [0.29, 0.717) is 19.0 Å². The van der Waals surface area contributed by atoms with Crippen molar-refractivity contribution in [2.45, 2.75) is 6.04 Å². The number of benzene rings is 1. The lowest BCUT2D eigenvalue weighted by Crippen LogP contribution is -2.40. The predicted octanol–water partition coefficient (Wildman–Crippen LogP) is 1.59. The third kappa shape index (κ3) is 4.05. The van der Waals surface area contributed by atoms with E-state index >= 15 is 0 Å². The molecule has 1 aromatic heterocycles. The van der Waals surface area contributed by atoms with E-state index < -0.39 is 6.04 Å². The van der Waals surface area contributed by atoms with Crippen molar-refractivity contribution >= 4 is 6.03 Å². The van der Waals surface area contributed by atoms with E-state index in [-0.39, 0.29) is 11.8 Å². The third-order valence-corrected chi connectivity index (χ3v) is 3.19. The average Bonchev–Trinajstić information content (AvgIpc) is 2.92. The van der Waals surface area contributed by atoms with Crippen molar-refractivity contribution in [3.8, 4) is 0 Å². The quantitative estimate of drug-likeness (QED) is 0.797. The Hall–Kier alpha value is -2.41. The molecule has 2 aromatic rings. The maximum Gasteiger partial charge on any atom is 0.315 e. The molecule has 1 heterocycles. The summed E-state index contributed by atoms with van der Waals surface area (Å²) in [6, 6.07) is 5.16. The largest absolute Gasteiger partial charge is 0.383 e. The van der Waals surface area contributed by atoms with Crippen LogP contribution >= 0.6 is 0 Å². The number of aromatic nitrogens is 2. The number of carbonyl (C=O) groups excluding carboxylic acids is 1. The van der Waals surface area contributed by atoms with Gasteiger partial charge in [0.25, 0.3) is 0 Å². The van der Waals surface area contributed by atoms with E-state index in [1.54, 1.807) is 31.6 Å². The van der Waals surface area contributed by atoms with Crippen molar-refractivity contribution in [3.05, 3.63) is 53.9 Å². The molecule has 2 rings (SSSR count). The molecule has 118 valence electrons. The first-order valence-corrected chi connectivity index (χ1v) is 6.88. The number of rotatable bonds is 6. The maximum atomic E-state index is 13.1. The number of hydrogen-bond acceptors (Lipinski definition) is 3. The Balaban J connectivity index is 2.17. The third-order valence-electron chi connectivity index (χ3n) is 3.19.